The first-order chi connectivity index (χ1) is 12.1. The molecule has 0 N–H and O–H groups in total. The van der Waals surface area contributed by atoms with E-state index in [2.05, 4.69) is 10.0 Å². The number of benzene rings is 1. The van der Waals surface area contributed by atoms with Crippen molar-refractivity contribution in [1.29, 1.82) is 0 Å². The van der Waals surface area contributed by atoms with Gasteiger partial charge >= 0.3 is 6.09 Å². The predicted molar refractivity (Wildman–Crippen MR) is 90.3 cm³/mol. The zero-order valence-corrected chi connectivity index (χ0v) is 14.0. The fourth-order valence-electron chi connectivity index (χ4n) is 3.21. The first-order valence-electron chi connectivity index (χ1n) is 8.18. The summed E-state index contributed by atoms with van der Waals surface area (Å²) in [6.45, 7) is 1.76. The Bertz CT molecular complexity index is 686. The van der Waals surface area contributed by atoms with Gasteiger partial charge in [0.05, 0.1) is 30.6 Å². The minimum absolute atomic E-state index is 0.0632. The number of carbonyl (C=O) groups is 1. The summed E-state index contributed by atoms with van der Waals surface area (Å²) < 4.78 is 25.0. The first-order valence-corrected chi connectivity index (χ1v) is 8.18. The van der Waals surface area contributed by atoms with Crippen molar-refractivity contribution in [3.8, 4) is 0 Å². The van der Waals surface area contributed by atoms with Crippen molar-refractivity contribution < 1.29 is 18.7 Å². The number of halogens is 1. The van der Waals surface area contributed by atoms with Crippen molar-refractivity contribution in [1.82, 2.24) is 0 Å². The van der Waals surface area contributed by atoms with Gasteiger partial charge in [-0.15, -0.1) is 0 Å². The molecule has 0 bridgehead atoms. The Balaban J connectivity index is 1.70. The van der Waals surface area contributed by atoms with E-state index in [9.17, 15) is 9.18 Å². The second-order valence-electron chi connectivity index (χ2n) is 6.09. The zero-order valence-electron chi connectivity index (χ0n) is 14.0. The summed E-state index contributed by atoms with van der Waals surface area (Å²) in [5.74, 6) is -0.375. The molecule has 1 aromatic carbocycles. The molecule has 0 unspecified atom stereocenters. The minimum atomic E-state index is -0.564. The highest BCUT2D eigenvalue weighted by Crippen LogP contribution is 2.29. The molecule has 0 spiro atoms. The number of hydrogen-bond acceptors (Lipinski definition) is 5. The van der Waals surface area contributed by atoms with E-state index in [4.69, 9.17) is 15.0 Å². The molecule has 0 aliphatic carbocycles. The normalized spacial score (nSPS) is 21.2. The van der Waals surface area contributed by atoms with Crippen molar-refractivity contribution in [2.24, 2.45) is 5.11 Å². The van der Waals surface area contributed by atoms with Gasteiger partial charge in [-0.2, -0.15) is 0 Å². The van der Waals surface area contributed by atoms with Gasteiger partial charge in [0, 0.05) is 25.1 Å². The number of ether oxygens (including phenoxy) is 2. The number of rotatable bonds is 5. The van der Waals surface area contributed by atoms with Gasteiger partial charge in [0.25, 0.3) is 0 Å². The lowest BCUT2D eigenvalue weighted by molar-refractivity contribution is 0.0818. The van der Waals surface area contributed by atoms with Crippen molar-refractivity contribution in [3.63, 3.8) is 0 Å². The van der Waals surface area contributed by atoms with Crippen LogP contribution < -0.4 is 9.80 Å². The molecule has 1 amide bonds. The van der Waals surface area contributed by atoms with Crippen molar-refractivity contribution >= 4 is 17.5 Å². The quantitative estimate of drug-likeness (QED) is 0.464. The molecule has 1 aromatic rings. The van der Waals surface area contributed by atoms with Gasteiger partial charge in [0.2, 0.25) is 0 Å². The van der Waals surface area contributed by atoms with Crippen LogP contribution in [0.5, 0.6) is 0 Å². The van der Waals surface area contributed by atoms with Crippen LogP contribution in [0.2, 0.25) is 0 Å². The molecule has 8 nitrogen and oxygen atoms in total. The smallest absolute Gasteiger partial charge is 0.414 e. The summed E-state index contributed by atoms with van der Waals surface area (Å²) >= 11 is 0. The van der Waals surface area contributed by atoms with Gasteiger partial charge in [-0.05, 0) is 36.6 Å². The molecule has 25 heavy (non-hydrogen) atoms. The molecule has 2 heterocycles. The standard InChI is InChI=1S/C16H20FN5O3/c1-24-12-4-6-21(7-5-12)15-3-2-11(8-14(15)17)22-10-13(9-19-20-18)25-16(22)23/h2-3,8,12-13H,4-7,9-10H2,1H3/t13-/m0/s1. The fourth-order valence-corrected chi connectivity index (χ4v) is 3.21. The van der Waals surface area contributed by atoms with E-state index < -0.39 is 12.2 Å². The van der Waals surface area contributed by atoms with E-state index in [1.54, 1.807) is 19.2 Å². The summed E-state index contributed by atoms with van der Waals surface area (Å²) in [5, 5.41) is 3.41. The summed E-state index contributed by atoms with van der Waals surface area (Å²) in [4.78, 5) is 17.9. The number of nitrogens with zero attached hydrogens (tertiary/aromatic N) is 5. The van der Waals surface area contributed by atoms with Gasteiger partial charge in [-0.3, -0.25) is 4.90 Å². The number of amides is 1. The highest BCUT2D eigenvalue weighted by Gasteiger charge is 2.32. The maximum atomic E-state index is 14.6. The Kier molecular flexibility index (Phi) is 5.25. The van der Waals surface area contributed by atoms with Crippen LogP contribution >= 0.6 is 0 Å². The monoisotopic (exact) mass is 349 g/mol. The molecular weight excluding hydrogens is 329 g/mol. The van der Waals surface area contributed by atoms with Crippen LogP contribution in [0.4, 0.5) is 20.6 Å². The summed E-state index contributed by atoms with van der Waals surface area (Å²) in [6.07, 6.45) is 0.866. The van der Waals surface area contributed by atoms with Crippen LogP contribution in [0.25, 0.3) is 10.4 Å². The molecular formula is C16H20FN5O3. The third-order valence-corrected chi connectivity index (χ3v) is 4.58. The fraction of sp³-hybridized carbons (Fsp3) is 0.562. The van der Waals surface area contributed by atoms with Crippen LogP contribution in [0.1, 0.15) is 12.8 Å². The van der Waals surface area contributed by atoms with E-state index in [0.717, 1.165) is 25.9 Å². The number of anilines is 2. The number of methoxy groups -OCH3 is 1. The second kappa shape index (κ2) is 7.58. The third kappa shape index (κ3) is 3.78. The SMILES string of the molecule is COC1CCN(c2ccc(N3C[C@H](CN=[N+]=[N-])OC3=O)cc2F)CC1. The van der Waals surface area contributed by atoms with E-state index >= 15 is 0 Å². The van der Waals surface area contributed by atoms with E-state index in [1.807, 2.05) is 4.90 Å². The summed E-state index contributed by atoms with van der Waals surface area (Å²) in [7, 11) is 1.69. The molecule has 2 aliphatic rings. The summed E-state index contributed by atoms with van der Waals surface area (Å²) in [5.41, 5.74) is 9.30. The van der Waals surface area contributed by atoms with Crippen LogP contribution in [0.15, 0.2) is 23.3 Å². The highest BCUT2D eigenvalue weighted by atomic mass is 19.1. The molecule has 3 rings (SSSR count). The van der Waals surface area contributed by atoms with Gasteiger partial charge in [0.1, 0.15) is 11.9 Å². The second-order valence-corrected chi connectivity index (χ2v) is 6.09. The Hall–Kier alpha value is -2.51. The largest absolute Gasteiger partial charge is 0.444 e. The van der Waals surface area contributed by atoms with Gasteiger partial charge in [-0.25, -0.2) is 9.18 Å². The molecule has 1 atom stereocenters. The van der Waals surface area contributed by atoms with Crippen LogP contribution in [-0.4, -0.2) is 51.6 Å². The number of piperidine rings is 1. The topological polar surface area (TPSA) is 90.8 Å². The van der Waals surface area contributed by atoms with E-state index in [1.165, 1.54) is 11.0 Å². The van der Waals surface area contributed by atoms with Gasteiger partial charge in [-0.1, -0.05) is 5.11 Å². The van der Waals surface area contributed by atoms with Crippen molar-refractivity contribution in [3.05, 3.63) is 34.5 Å². The number of carbonyl (C=O) groups excluding carboxylic acids is 1. The van der Waals surface area contributed by atoms with Crippen molar-refractivity contribution in [2.45, 2.75) is 25.0 Å². The first kappa shape index (κ1) is 17.3. The van der Waals surface area contributed by atoms with Crippen LogP contribution in [0.3, 0.4) is 0 Å². The molecule has 2 fully saturated rings. The number of azide groups is 1. The zero-order chi connectivity index (χ0) is 17.8. The average Bonchev–Trinajstić information content (AvgIpc) is 3.00. The average molecular weight is 349 g/mol. The van der Waals surface area contributed by atoms with Crippen LogP contribution in [-0.2, 0) is 9.47 Å². The van der Waals surface area contributed by atoms with E-state index in [-0.39, 0.29) is 25.0 Å². The summed E-state index contributed by atoms with van der Waals surface area (Å²) in [6, 6.07) is 4.73. The molecule has 2 saturated heterocycles. The molecule has 0 radical (unpaired) electrons. The Labute approximate surface area is 144 Å². The molecule has 0 saturated carbocycles. The lowest BCUT2D eigenvalue weighted by Gasteiger charge is -2.33. The Morgan fingerprint density at radius 3 is 2.84 bits per heavy atom. The molecule has 0 aromatic heterocycles. The highest BCUT2D eigenvalue weighted by molar-refractivity contribution is 5.90. The van der Waals surface area contributed by atoms with Gasteiger partial charge < -0.3 is 14.4 Å². The lowest BCUT2D eigenvalue weighted by atomic mass is 10.1. The Morgan fingerprint density at radius 2 is 2.20 bits per heavy atom. The van der Waals surface area contributed by atoms with Crippen molar-refractivity contribution in [2.75, 3.05) is 43.1 Å². The minimum Gasteiger partial charge on any atom is -0.444 e. The maximum absolute atomic E-state index is 14.6. The van der Waals surface area contributed by atoms with E-state index in [0.29, 0.717) is 11.4 Å². The lowest BCUT2D eigenvalue weighted by Crippen LogP contribution is -2.37. The predicted octanol–water partition coefficient (Wildman–Crippen LogP) is 3.08. The van der Waals surface area contributed by atoms with Crippen LogP contribution in [0, 0.1) is 5.82 Å². The Morgan fingerprint density at radius 1 is 1.44 bits per heavy atom. The number of cyclic esters (lactones) is 1. The molecule has 9 heteroatoms. The van der Waals surface area contributed by atoms with Gasteiger partial charge in [0.15, 0.2) is 0 Å². The third-order valence-electron chi connectivity index (χ3n) is 4.58. The maximum Gasteiger partial charge on any atom is 0.414 e. The number of hydrogen-bond donors (Lipinski definition) is 0. The molecule has 2 aliphatic heterocycles. The molecule has 134 valence electrons.